The Bertz CT molecular complexity index is 805. The number of anilines is 1. The van der Waals surface area contributed by atoms with Gasteiger partial charge >= 0.3 is 0 Å². The second kappa shape index (κ2) is 5.82. The third-order valence-corrected chi connectivity index (χ3v) is 5.88. The normalized spacial score (nSPS) is 14.5. The van der Waals surface area contributed by atoms with E-state index < -0.39 is 10.0 Å². The van der Waals surface area contributed by atoms with Crippen LogP contribution >= 0.6 is 11.6 Å². The number of fused-ring (bicyclic) bond motifs is 1. The fourth-order valence-corrected chi connectivity index (χ4v) is 4.57. The van der Waals surface area contributed by atoms with Gasteiger partial charge in [0.25, 0.3) is 10.0 Å². The molecule has 0 spiro atoms. The van der Waals surface area contributed by atoms with Crippen LogP contribution in [0.4, 0.5) is 5.69 Å². The lowest BCUT2D eigenvalue weighted by Gasteiger charge is -2.30. The molecular weight excluding hydrogens is 322 g/mol. The van der Waals surface area contributed by atoms with Crippen molar-refractivity contribution in [1.29, 1.82) is 0 Å². The molecule has 0 atom stereocenters. The molecular formula is C16H16ClNO3S. The molecule has 0 saturated carbocycles. The fourth-order valence-electron chi connectivity index (χ4n) is 2.68. The van der Waals surface area contributed by atoms with Gasteiger partial charge in [0.1, 0.15) is 5.75 Å². The van der Waals surface area contributed by atoms with Crippen molar-refractivity contribution in [3.05, 3.63) is 53.1 Å². The van der Waals surface area contributed by atoms with Crippen molar-refractivity contribution in [2.75, 3.05) is 18.0 Å². The molecule has 3 rings (SSSR count). The molecule has 22 heavy (non-hydrogen) atoms. The number of hydrogen-bond donors (Lipinski definition) is 0. The summed E-state index contributed by atoms with van der Waals surface area (Å²) in [6, 6.07) is 12.1. The maximum Gasteiger partial charge on any atom is 0.264 e. The Morgan fingerprint density at radius 3 is 2.68 bits per heavy atom. The number of halogens is 1. The average Bonchev–Trinajstić information content (AvgIpc) is 2.54. The lowest BCUT2D eigenvalue weighted by atomic mass is 10.0. The number of aryl methyl sites for hydroxylation is 1. The lowest BCUT2D eigenvalue weighted by Crippen LogP contribution is -2.35. The molecule has 1 aliphatic heterocycles. The van der Waals surface area contributed by atoms with Crippen LogP contribution in [0.5, 0.6) is 5.75 Å². The molecule has 1 aliphatic rings. The van der Waals surface area contributed by atoms with Gasteiger partial charge in [0, 0.05) is 6.54 Å². The van der Waals surface area contributed by atoms with E-state index in [1.54, 1.807) is 6.07 Å². The minimum Gasteiger partial charge on any atom is -0.495 e. The second-order valence-electron chi connectivity index (χ2n) is 5.11. The van der Waals surface area contributed by atoms with E-state index in [-0.39, 0.29) is 9.92 Å². The van der Waals surface area contributed by atoms with E-state index >= 15 is 0 Å². The molecule has 0 aliphatic carbocycles. The monoisotopic (exact) mass is 337 g/mol. The zero-order chi connectivity index (χ0) is 15.7. The van der Waals surface area contributed by atoms with E-state index in [9.17, 15) is 8.42 Å². The number of sulfonamides is 1. The summed E-state index contributed by atoms with van der Waals surface area (Å²) in [4.78, 5) is 0.176. The van der Waals surface area contributed by atoms with Gasteiger partial charge in [0.2, 0.25) is 0 Å². The molecule has 0 saturated heterocycles. The van der Waals surface area contributed by atoms with Gasteiger partial charge < -0.3 is 4.74 Å². The zero-order valence-corrected chi connectivity index (χ0v) is 13.7. The van der Waals surface area contributed by atoms with Crippen LogP contribution in [0.1, 0.15) is 12.0 Å². The first-order valence-electron chi connectivity index (χ1n) is 6.98. The Balaban J connectivity index is 2.06. The Hall–Kier alpha value is -1.72. The van der Waals surface area contributed by atoms with Gasteiger partial charge in [-0.25, -0.2) is 8.42 Å². The van der Waals surface area contributed by atoms with Crippen molar-refractivity contribution in [2.45, 2.75) is 17.7 Å². The van der Waals surface area contributed by atoms with Crippen LogP contribution in [-0.2, 0) is 16.4 Å². The number of nitrogens with zero attached hydrogens (tertiary/aromatic N) is 1. The first kappa shape index (κ1) is 15.2. The van der Waals surface area contributed by atoms with Crippen molar-refractivity contribution in [3.63, 3.8) is 0 Å². The Morgan fingerprint density at radius 1 is 1.18 bits per heavy atom. The number of methoxy groups -OCH3 is 1. The Kier molecular flexibility index (Phi) is 4.02. The number of ether oxygens (including phenoxy) is 1. The maximum absolute atomic E-state index is 12.9. The largest absolute Gasteiger partial charge is 0.495 e. The summed E-state index contributed by atoms with van der Waals surface area (Å²) in [6.07, 6.45) is 1.70. The van der Waals surface area contributed by atoms with Crippen LogP contribution in [0, 0.1) is 0 Å². The van der Waals surface area contributed by atoms with Crippen molar-refractivity contribution < 1.29 is 13.2 Å². The number of rotatable bonds is 3. The topological polar surface area (TPSA) is 46.6 Å². The van der Waals surface area contributed by atoms with Gasteiger partial charge in [-0.3, -0.25) is 4.31 Å². The molecule has 6 heteroatoms. The molecule has 0 amide bonds. The van der Waals surface area contributed by atoms with Crippen molar-refractivity contribution in [1.82, 2.24) is 0 Å². The molecule has 0 aromatic heterocycles. The van der Waals surface area contributed by atoms with Gasteiger partial charge in [0.05, 0.1) is 22.7 Å². The summed E-state index contributed by atoms with van der Waals surface area (Å²) in [5.74, 6) is 0.458. The fraction of sp³-hybridized carbons (Fsp3) is 0.250. The van der Waals surface area contributed by atoms with Crippen LogP contribution in [-0.4, -0.2) is 22.1 Å². The highest BCUT2D eigenvalue weighted by Gasteiger charge is 2.29. The van der Waals surface area contributed by atoms with Crippen LogP contribution < -0.4 is 9.04 Å². The first-order chi connectivity index (χ1) is 10.5. The summed E-state index contributed by atoms with van der Waals surface area (Å²) in [5.41, 5.74) is 1.80. The molecule has 0 radical (unpaired) electrons. The molecule has 2 aromatic rings. The number of benzene rings is 2. The highest BCUT2D eigenvalue weighted by molar-refractivity contribution is 7.92. The quantitative estimate of drug-likeness (QED) is 0.861. The van der Waals surface area contributed by atoms with Crippen molar-refractivity contribution in [3.8, 4) is 5.75 Å². The summed E-state index contributed by atoms with van der Waals surface area (Å²) in [5, 5.41) is 0.286. The van der Waals surface area contributed by atoms with Crippen molar-refractivity contribution >= 4 is 27.3 Å². The first-order valence-corrected chi connectivity index (χ1v) is 8.80. The number of para-hydroxylation sites is 1. The average molecular weight is 338 g/mol. The van der Waals surface area contributed by atoms with Gasteiger partial charge in [-0.2, -0.15) is 0 Å². The molecule has 0 unspecified atom stereocenters. The van der Waals surface area contributed by atoms with E-state index in [4.69, 9.17) is 16.3 Å². The Labute approximate surface area is 135 Å². The zero-order valence-electron chi connectivity index (χ0n) is 12.1. The van der Waals surface area contributed by atoms with Crippen LogP contribution in [0.3, 0.4) is 0 Å². The minimum atomic E-state index is -3.63. The van der Waals surface area contributed by atoms with Gasteiger partial charge in [-0.05, 0) is 42.7 Å². The molecule has 116 valence electrons. The molecule has 2 aromatic carbocycles. The highest BCUT2D eigenvalue weighted by Crippen LogP contribution is 2.34. The molecule has 4 nitrogen and oxygen atoms in total. The van der Waals surface area contributed by atoms with Gasteiger partial charge in [-0.1, -0.05) is 29.8 Å². The van der Waals surface area contributed by atoms with E-state index in [1.807, 2.05) is 24.3 Å². The molecule has 0 N–H and O–H groups in total. The highest BCUT2D eigenvalue weighted by atomic mass is 35.5. The Morgan fingerprint density at radius 2 is 1.95 bits per heavy atom. The van der Waals surface area contributed by atoms with Crippen LogP contribution in [0.2, 0.25) is 5.02 Å². The molecule has 0 fully saturated rings. The van der Waals surface area contributed by atoms with Gasteiger partial charge in [0.15, 0.2) is 0 Å². The maximum atomic E-state index is 12.9. The van der Waals surface area contributed by atoms with E-state index in [0.29, 0.717) is 12.3 Å². The van der Waals surface area contributed by atoms with Crippen LogP contribution in [0.15, 0.2) is 47.4 Å². The minimum absolute atomic E-state index is 0.176. The molecule has 1 heterocycles. The van der Waals surface area contributed by atoms with E-state index in [2.05, 4.69) is 0 Å². The molecule has 0 bridgehead atoms. The summed E-state index contributed by atoms with van der Waals surface area (Å²) in [6.45, 7) is 0.475. The van der Waals surface area contributed by atoms with E-state index in [0.717, 1.165) is 24.1 Å². The standard InChI is InChI=1S/C16H16ClNO3S/c1-21-16-9-8-13(11-14(16)17)22(19,20)18-10-4-6-12-5-2-3-7-15(12)18/h2-3,5,7-9,11H,4,6,10H2,1H3. The number of hydrogen-bond acceptors (Lipinski definition) is 3. The third-order valence-electron chi connectivity index (χ3n) is 3.78. The second-order valence-corrected chi connectivity index (χ2v) is 7.38. The lowest BCUT2D eigenvalue weighted by molar-refractivity contribution is 0.414. The SMILES string of the molecule is COc1ccc(S(=O)(=O)N2CCCc3ccccc32)cc1Cl. The predicted octanol–water partition coefficient (Wildman–Crippen LogP) is 3.49. The smallest absolute Gasteiger partial charge is 0.264 e. The van der Waals surface area contributed by atoms with Crippen LogP contribution in [0.25, 0.3) is 0 Å². The summed E-state index contributed by atoms with van der Waals surface area (Å²) in [7, 11) is -2.13. The van der Waals surface area contributed by atoms with Crippen molar-refractivity contribution in [2.24, 2.45) is 0 Å². The summed E-state index contributed by atoms with van der Waals surface area (Å²) < 4.78 is 32.4. The van der Waals surface area contributed by atoms with Gasteiger partial charge in [-0.15, -0.1) is 0 Å². The predicted molar refractivity (Wildman–Crippen MR) is 87.3 cm³/mol. The summed E-state index contributed by atoms with van der Waals surface area (Å²) >= 11 is 6.07. The van der Waals surface area contributed by atoms with E-state index in [1.165, 1.54) is 23.5 Å². The third kappa shape index (κ3) is 2.55.